The number of ether oxygens (including phenoxy) is 1. The molecule has 1 atom stereocenters. The Morgan fingerprint density at radius 1 is 0.944 bits per heavy atom. The van der Waals surface area contributed by atoms with E-state index in [1.165, 1.54) is 0 Å². The van der Waals surface area contributed by atoms with Crippen LogP contribution in [0.25, 0.3) is 28.2 Å². The lowest BCUT2D eigenvalue weighted by atomic mass is 9.88. The van der Waals surface area contributed by atoms with Crippen LogP contribution in [0.5, 0.6) is 5.75 Å². The zero-order valence-corrected chi connectivity index (χ0v) is 20.1. The van der Waals surface area contributed by atoms with Crippen LogP contribution in [0.4, 0.5) is 0 Å². The highest BCUT2D eigenvalue weighted by Crippen LogP contribution is 2.39. The van der Waals surface area contributed by atoms with Gasteiger partial charge in [0, 0.05) is 16.7 Å². The van der Waals surface area contributed by atoms with Crippen LogP contribution < -0.4 is 4.74 Å². The number of carboxylic acid groups (broad SMARTS) is 1. The number of aromatic nitrogens is 1. The lowest BCUT2D eigenvalue weighted by Gasteiger charge is -2.17. The van der Waals surface area contributed by atoms with Crippen LogP contribution in [-0.2, 0) is 11.2 Å². The van der Waals surface area contributed by atoms with Gasteiger partial charge in [0.25, 0.3) is 0 Å². The first-order valence-corrected chi connectivity index (χ1v) is 12.4. The van der Waals surface area contributed by atoms with Crippen LogP contribution in [0, 0.1) is 5.92 Å². The Labute approximate surface area is 211 Å². The quantitative estimate of drug-likeness (QED) is 0.287. The Morgan fingerprint density at radius 3 is 2.44 bits per heavy atom. The predicted octanol–water partition coefficient (Wildman–Crippen LogP) is 7.29. The second kappa shape index (κ2) is 11.1. The molecule has 1 aliphatic carbocycles. The molecule has 0 spiro atoms. The molecule has 0 fully saturated rings. The van der Waals surface area contributed by atoms with Gasteiger partial charge >= 0.3 is 5.97 Å². The summed E-state index contributed by atoms with van der Waals surface area (Å²) in [6, 6.07) is 28.0. The molecule has 0 saturated heterocycles. The Morgan fingerprint density at radius 2 is 1.69 bits per heavy atom. The minimum Gasteiger partial charge on any atom is -0.482 e. The van der Waals surface area contributed by atoms with Gasteiger partial charge in [0.2, 0.25) is 5.89 Å². The van der Waals surface area contributed by atoms with E-state index in [-0.39, 0.29) is 12.5 Å². The molecule has 1 N–H and O–H groups in total. The maximum absolute atomic E-state index is 10.9. The summed E-state index contributed by atoms with van der Waals surface area (Å²) in [6.45, 7) is -0.348. The minimum absolute atomic E-state index is 0.244. The van der Waals surface area contributed by atoms with Crippen LogP contribution in [0.1, 0.15) is 37.1 Å². The summed E-state index contributed by atoms with van der Waals surface area (Å²) in [4.78, 5) is 16.0. The Balaban J connectivity index is 1.49. The molecule has 36 heavy (non-hydrogen) atoms. The summed E-state index contributed by atoms with van der Waals surface area (Å²) >= 11 is 0. The molecule has 0 saturated carbocycles. The molecule has 0 aliphatic heterocycles. The van der Waals surface area contributed by atoms with Crippen LogP contribution in [0.3, 0.4) is 0 Å². The number of rotatable bonds is 8. The molecule has 0 bridgehead atoms. The number of nitrogens with zero attached hydrogens (tertiary/aromatic N) is 1. The first-order chi connectivity index (χ1) is 17.7. The van der Waals surface area contributed by atoms with Gasteiger partial charge in [0.1, 0.15) is 11.4 Å². The van der Waals surface area contributed by atoms with Gasteiger partial charge in [-0.3, -0.25) is 0 Å². The van der Waals surface area contributed by atoms with Crippen molar-refractivity contribution in [2.45, 2.75) is 32.1 Å². The van der Waals surface area contributed by atoms with Crippen LogP contribution in [-0.4, -0.2) is 22.7 Å². The van der Waals surface area contributed by atoms with Crippen molar-refractivity contribution < 1.29 is 19.1 Å². The van der Waals surface area contributed by atoms with Crippen molar-refractivity contribution in [2.24, 2.45) is 5.92 Å². The highest BCUT2D eigenvalue weighted by molar-refractivity contribution is 5.79. The number of carbonyl (C=O) groups is 1. The fourth-order valence-electron chi connectivity index (χ4n) is 4.80. The first-order valence-electron chi connectivity index (χ1n) is 12.4. The van der Waals surface area contributed by atoms with Crippen molar-refractivity contribution in [3.05, 3.63) is 102 Å². The first kappa shape index (κ1) is 23.6. The molecule has 4 aromatic rings. The summed E-state index contributed by atoms with van der Waals surface area (Å²) in [5.74, 6) is 1.29. The van der Waals surface area contributed by atoms with Gasteiger partial charge in [-0.1, -0.05) is 85.3 Å². The van der Waals surface area contributed by atoms with Gasteiger partial charge in [-0.15, -0.1) is 0 Å². The van der Waals surface area contributed by atoms with Crippen molar-refractivity contribution in [1.82, 2.24) is 4.98 Å². The summed E-state index contributed by atoms with van der Waals surface area (Å²) in [5, 5.41) is 8.94. The molecule has 0 amide bonds. The van der Waals surface area contributed by atoms with Crippen LogP contribution in [0.15, 0.2) is 95.4 Å². The lowest BCUT2D eigenvalue weighted by molar-refractivity contribution is -0.139. The van der Waals surface area contributed by atoms with Crippen molar-refractivity contribution in [2.75, 3.05) is 6.61 Å². The maximum atomic E-state index is 10.9. The normalized spacial score (nSPS) is 15.7. The molecule has 0 radical (unpaired) electrons. The number of hydrogen-bond donors (Lipinski definition) is 1. The third kappa shape index (κ3) is 5.57. The standard InChI is InChI=1S/C31H29NO4/c33-28(34)21-35-26-17-10-11-22(20-26)19-25-16-8-3-9-18-27(25)31-32-29(23-12-4-1-5-13-23)30(36-31)24-14-6-2-7-15-24/h1-2,4-7,10-15,17-18,20,25H,3,8-9,16,19,21H2,(H,33,34). The molecule has 5 heteroatoms. The van der Waals surface area contributed by atoms with Gasteiger partial charge in [-0.2, -0.15) is 0 Å². The average molecular weight is 480 g/mol. The number of aliphatic carboxylic acids is 1. The van der Waals surface area contributed by atoms with E-state index >= 15 is 0 Å². The second-order valence-corrected chi connectivity index (χ2v) is 9.10. The Hall–Kier alpha value is -4.12. The lowest BCUT2D eigenvalue weighted by Crippen LogP contribution is -2.10. The third-order valence-electron chi connectivity index (χ3n) is 6.51. The zero-order valence-electron chi connectivity index (χ0n) is 20.1. The Kier molecular flexibility index (Phi) is 7.27. The van der Waals surface area contributed by atoms with Gasteiger partial charge in [0.05, 0.1) is 0 Å². The predicted molar refractivity (Wildman–Crippen MR) is 141 cm³/mol. The number of hydrogen-bond acceptors (Lipinski definition) is 4. The van der Waals surface area contributed by atoms with Gasteiger partial charge in [0.15, 0.2) is 12.4 Å². The van der Waals surface area contributed by atoms with Crippen molar-refractivity contribution in [3.63, 3.8) is 0 Å². The van der Waals surface area contributed by atoms with Crippen molar-refractivity contribution in [3.8, 4) is 28.3 Å². The van der Waals surface area contributed by atoms with E-state index < -0.39 is 5.97 Å². The maximum Gasteiger partial charge on any atom is 0.341 e. The fourth-order valence-corrected chi connectivity index (χ4v) is 4.80. The summed E-state index contributed by atoms with van der Waals surface area (Å²) < 4.78 is 11.9. The number of benzene rings is 3. The van der Waals surface area contributed by atoms with E-state index in [1.807, 2.05) is 48.5 Å². The number of oxazole rings is 1. The summed E-state index contributed by atoms with van der Waals surface area (Å²) in [7, 11) is 0. The monoisotopic (exact) mass is 479 g/mol. The van der Waals surface area contributed by atoms with Crippen molar-refractivity contribution >= 4 is 11.5 Å². The van der Waals surface area contributed by atoms with E-state index in [0.29, 0.717) is 11.6 Å². The molecule has 1 heterocycles. The SMILES string of the molecule is O=C(O)COc1cccc(CC2CCCCC=C2c2nc(-c3ccccc3)c(-c3ccccc3)o2)c1. The highest BCUT2D eigenvalue weighted by atomic mass is 16.5. The summed E-state index contributed by atoms with van der Waals surface area (Å²) in [5.41, 5.74) is 5.13. The van der Waals surface area contributed by atoms with E-state index in [9.17, 15) is 4.79 Å². The van der Waals surface area contributed by atoms with E-state index in [1.54, 1.807) is 6.07 Å². The highest BCUT2D eigenvalue weighted by Gasteiger charge is 2.25. The molecular weight excluding hydrogens is 450 g/mol. The fraction of sp³-hybridized carbons (Fsp3) is 0.226. The topological polar surface area (TPSA) is 72.6 Å². The molecule has 3 aromatic carbocycles. The third-order valence-corrected chi connectivity index (χ3v) is 6.51. The van der Waals surface area contributed by atoms with E-state index in [0.717, 1.165) is 65.8 Å². The molecule has 5 rings (SSSR count). The second-order valence-electron chi connectivity index (χ2n) is 9.10. The van der Waals surface area contributed by atoms with E-state index in [4.69, 9.17) is 19.2 Å². The van der Waals surface area contributed by atoms with Gasteiger partial charge in [-0.25, -0.2) is 9.78 Å². The number of allylic oxidation sites excluding steroid dienone is 2. The molecule has 1 unspecified atom stereocenters. The molecule has 1 aromatic heterocycles. The molecule has 5 nitrogen and oxygen atoms in total. The minimum atomic E-state index is -0.985. The summed E-state index contributed by atoms with van der Waals surface area (Å²) in [6.07, 6.45) is 7.40. The van der Waals surface area contributed by atoms with Gasteiger partial charge < -0.3 is 14.3 Å². The Bertz CT molecular complexity index is 1280. The molecule has 182 valence electrons. The molecular formula is C31H29NO4. The zero-order chi connectivity index (χ0) is 24.7. The largest absolute Gasteiger partial charge is 0.482 e. The average Bonchev–Trinajstić information content (AvgIpc) is 3.23. The smallest absolute Gasteiger partial charge is 0.341 e. The van der Waals surface area contributed by atoms with Crippen molar-refractivity contribution in [1.29, 1.82) is 0 Å². The molecule has 1 aliphatic rings. The van der Waals surface area contributed by atoms with Crippen LogP contribution >= 0.6 is 0 Å². The number of carboxylic acids is 1. The van der Waals surface area contributed by atoms with E-state index in [2.05, 4.69) is 36.4 Å². The van der Waals surface area contributed by atoms with Crippen LogP contribution in [0.2, 0.25) is 0 Å². The van der Waals surface area contributed by atoms with Gasteiger partial charge in [-0.05, 0) is 49.3 Å².